The van der Waals surface area contributed by atoms with E-state index in [9.17, 15) is 24.0 Å². The molecule has 4 rings (SSSR count). The Bertz CT molecular complexity index is 1610. The van der Waals surface area contributed by atoms with Gasteiger partial charge in [-0.15, -0.1) is 0 Å². The summed E-state index contributed by atoms with van der Waals surface area (Å²) in [7, 11) is 1.55. The topological polar surface area (TPSA) is 163 Å². The van der Waals surface area contributed by atoms with E-state index in [4.69, 9.17) is 37.6 Å². The number of esters is 4. The summed E-state index contributed by atoms with van der Waals surface area (Å²) in [6.07, 6.45) is -6.81. The second-order valence-corrected chi connectivity index (χ2v) is 9.96. The van der Waals surface area contributed by atoms with E-state index in [0.29, 0.717) is 22.3 Å². The molecule has 0 bridgehead atoms. The molecule has 234 valence electrons. The fraction of sp³-hybridized carbons (Fsp3) is 0.387. The molecule has 0 aliphatic carbocycles. The van der Waals surface area contributed by atoms with Gasteiger partial charge >= 0.3 is 29.5 Å². The fourth-order valence-corrected chi connectivity index (χ4v) is 4.89. The van der Waals surface area contributed by atoms with Crippen LogP contribution in [0.3, 0.4) is 0 Å². The van der Waals surface area contributed by atoms with Gasteiger partial charge in [0.1, 0.15) is 29.8 Å². The van der Waals surface area contributed by atoms with Crippen molar-refractivity contribution in [1.29, 1.82) is 0 Å². The van der Waals surface area contributed by atoms with E-state index in [1.165, 1.54) is 13.0 Å². The van der Waals surface area contributed by atoms with Crippen LogP contribution in [0, 0.1) is 6.92 Å². The van der Waals surface area contributed by atoms with Crippen LogP contribution in [0.4, 0.5) is 0 Å². The van der Waals surface area contributed by atoms with Crippen molar-refractivity contribution in [3.05, 3.63) is 58.4 Å². The molecule has 1 fully saturated rings. The molecule has 13 heteroatoms. The Labute approximate surface area is 251 Å². The predicted molar refractivity (Wildman–Crippen MR) is 152 cm³/mol. The molecule has 0 radical (unpaired) electrons. The Hall–Kier alpha value is -4.91. The molecule has 2 heterocycles. The summed E-state index contributed by atoms with van der Waals surface area (Å²) < 4.78 is 44.4. The van der Waals surface area contributed by atoms with Gasteiger partial charge in [-0.2, -0.15) is 0 Å². The van der Waals surface area contributed by atoms with Gasteiger partial charge in [0.25, 0.3) is 0 Å². The minimum atomic E-state index is -1.46. The highest BCUT2D eigenvalue weighted by atomic mass is 16.7. The molecular weight excluding hydrogens is 580 g/mol. The Kier molecular flexibility index (Phi) is 9.89. The van der Waals surface area contributed by atoms with Gasteiger partial charge in [-0.05, 0) is 42.3 Å². The molecule has 1 aliphatic heterocycles. The van der Waals surface area contributed by atoms with Crippen molar-refractivity contribution in [3.8, 4) is 22.6 Å². The zero-order chi connectivity index (χ0) is 32.1. The second-order valence-electron chi connectivity index (χ2n) is 9.96. The van der Waals surface area contributed by atoms with E-state index in [1.807, 2.05) is 12.1 Å². The van der Waals surface area contributed by atoms with E-state index < -0.39 is 66.8 Å². The van der Waals surface area contributed by atoms with Crippen molar-refractivity contribution in [2.75, 3.05) is 13.7 Å². The average Bonchev–Trinajstić information content (AvgIpc) is 2.95. The first-order chi connectivity index (χ1) is 20.9. The van der Waals surface area contributed by atoms with Crippen LogP contribution in [0.1, 0.15) is 33.3 Å². The van der Waals surface area contributed by atoms with Gasteiger partial charge in [-0.3, -0.25) is 19.2 Å². The highest BCUT2D eigenvalue weighted by Gasteiger charge is 2.53. The maximum atomic E-state index is 12.6. The molecule has 0 spiro atoms. The van der Waals surface area contributed by atoms with Crippen LogP contribution < -0.4 is 15.1 Å². The van der Waals surface area contributed by atoms with Crippen LogP contribution in [-0.2, 0) is 42.9 Å². The maximum Gasteiger partial charge on any atom is 0.336 e. The molecular formula is C31H32O13. The third-order valence-corrected chi connectivity index (χ3v) is 6.70. The molecule has 0 N–H and O–H groups in total. The zero-order valence-electron chi connectivity index (χ0n) is 24.9. The van der Waals surface area contributed by atoms with Gasteiger partial charge in [0.15, 0.2) is 12.2 Å². The number of hydrogen-bond acceptors (Lipinski definition) is 13. The number of benzene rings is 2. The molecule has 44 heavy (non-hydrogen) atoms. The van der Waals surface area contributed by atoms with Crippen molar-refractivity contribution in [2.24, 2.45) is 0 Å². The van der Waals surface area contributed by atoms with Crippen molar-refractivity contribution in [3.63, 3.8) is 0 Å². The van der Waals surface area contributed by atoms with Gasteiger partial charge < -0.3 is 37.6 Å². The number of ether oxygens (including phenoxy) is 7. The zero-order valence-corrected chi connectivity index (χ0v) is 24.9. The van der Waals surface area contributed by atoms with E-state index in [1.54, 1.807) is 38.3 Å². The first kappa shape index (κ1) is 32.0. The second kappa shape index (κ2) is 13.6. The summed E-state index contributed by atoms with van der Waals surface area (Å²) >= 11 is 0. The van der Waals surface area contributed by atoms with Crippen LogP contribution in [-0.4, -0.2) is 68.3 Å². The lowest BCUT2D eigenvalue weighted by molar-refractivity contribution is -0.288. The largest absolute Gasteiger partial charge is 0.497 e. The maximum absolute atomic E-state index is 12.6. The summed E-state index contributed by atoms with van der Waals surface area (Å²) in [5, 5.41) is 0.612. The van der Waals surface area contributed by atoms with Crippen LogP contribution >= 0.6 is 0 Å². The SMILES string of the molecule is COc1ccc(-c2cc(=O)oc3c(C)c(OC4OC(COC(C)=O)C(OC(C)=O)C(OC(C)=O)C4OC(C)=O)ccc23)cc1. The first-order valence-electron chi connectivity index (χ1n) is 13.6. The lowest BCUT2D eigenvalue weighted by atomic mass is 9.97. The first-order valence-corrected chi connectivity index (χ1v) is 13.6. The standard InChI is InChI=1S/C31H32O13/c1-15-24(12-11-22-23(13-26(36)44-27(15)22)20-7-9-21(37-6)10-8-20)42-31-30(41-19(5)35)29(40-18(4)34)28(39-17(3)33)25(43-31)14-38-16(2)32/h7-13,25,28-31H,14H2,1-6H3. The minimum absolute atomic E-state index is 0.174. The van der Waals surface area contributed by atoms with Crippen LogP contribution in [0.25, 0.3) is 22.1 Å². The predicted octanol–water partition coefficient (Wildman–Crippen LogP) is 3.24. The Balaban J connectivity index is 1.78. The van der Waals surface area contributed by atoms with Crippen LogP contribution in [0.5, 0.6) is 11.5 Å². The van der Waals surface area contributed by atoms with Crippen molar-refractivity contribution in [2.45, 2.75) is 65.3 Å². The van der Waals surface area contributed by atoms with Crippen molar-refractivity contribution >= 4 is 34.8 Å². The number of fused-ring (bicyclic) bond motifs is 1. The Morgan fingerprint density at radius 3 is 2.00 bits per heavy atom. The van der Waals surface area contributed by atoms with E-state index in [-0.39, 0.29) is 11.3 Å². The van der Waals surface area contributed by atoms with Crippen molar-refractivity contribution < 1.29 is 56.8 Å². The van der Waals surface area contributed by atoms with Gasteiger partial charge in [0.05, 0.1) is 7.11 Å². The molecule has 3 aromatic rings. The number of carbonyl (C=O) groups is 4. The van der Waals surface area contributed by atoms with Gasteiger partial charge in [-0.1, -0.05) is 12.1 Å². The van der Waals surface area contributed by atoms with Crippen molar-refractivity contribution in [1.82, 2.24) is 0 Å². The third-order valence-electron chi connectivity index (χ3n) is 6.70. The van der Waals surface area contributed by atoms with Gasteiger partial charge in [0.2, 0.25) is 12.4 Å². The molecule has 1 saturated heterocycles. The number of methoxy groups -OCH3 is 1. The third kappa shape index (κ3) is 7.35. The summed E-state index contributed by atoms with van der Waals surface area (Å²) in [6.45, 7) is 5.80. The van der Waals surface area contributed by atoms with Gasteiger partial charge in [0, 0.05) is 44.7 Å². The van der Waals surface area contributed by atoms with Gasteiger partial charge in [-0.25, -0.2) is 4.79 Å². The number of hydrogen-bond donors (Lipinski definition) is 0. The minimum Gasteiger partial charge on any atom is -0.497 e. The summed E-state index contributed by atoms with van der Waals surface area (Å²) in [5.74, 6) is -2.11. The summed E-state index contributed by atoms with van der Waals surface area (Å²) in [6, 6.07) is 11.8. The monoisotopic (exact) mass is 612 g/mol. The summed E-state index contributed by atoms with van der Waals surface area (Å²) in [4.78, 5) is 60.5. The van der Waals surface area contributed by atoms with E-state index in [2.05, 4.69) is 0 Å². The molecule has 0 amide bonds. The van der Waals surface area contributed by atoms with E-state index >= 15 is 0 Å². The lowest BCUT2D eigenvalue weighted by Crippen LogP contribution is -2.63. The molecule has 5 unspecified atom stereocenters. The molecule has 1 aliphatic rings. The quantitative estimate of drug-likeness (QED) is 0.197. The molecule has 2 aromatic carbocycles. The molecule has 1 aromatic heterocycles. The average molecular weight is 613 g/mol. The molecule has 0 saturated carbocycles. The number of carbonyl (C=O) groups excluding carboxylic acids is 4. The number of aryl methyl sites for hydroxylation is 1. The summed E-state index contributed by atoms with van der Waals surface area (Å²) in [5.41, 5.74) is 1.39. The molecule has 13 nitrogen and oxygen atoms in total. The normalized spacial score (nSPS) is 21.2. The van der Waals surface area contributed by atoms with Crippen LogP contribution in [0.15, 0.2) is 51.7 Å². The van der Waals surface area contributed by atoms with Crippen LogP contribution in [0.2, 0.25) is 0 Å². The van der Waals surface area contributed by atoms with E-state index in [0.717, 1.165) is 26.3 Å². The number of rotatable bonds is 9. The fourth-order valence-electron chi connectivity index (χ4n) is 4.89. The highest BCUT2D eigenvalue weighted by molar-refractivity contribution is 5.95. The highest BCUT2D eigenvalue weighted by Crippen LogP contribution is 2.36. The Morgan fingerprint density at radius 2 is 1.41 bits per heavy atom. The smallest absolute Gasteiger partial charge is 0.336 e. The Morgan fingerprint density at radius 1 is 0.795 bits per heavy atom. The lowest BCUT2D eigenvalue weighted by Gasteiger charge is -2.44. The molecule has 5 atom stereocenters.